The highest BCUT2D eigenvalue weighted by molar-refractivity contribution is 6.02. The van der Waals surface area contributed by atoms with E-state index in [0.29, 0.717) is 17.1 Å². The molecule has 0 saturated heterocycles. The van der Waals surface area contributed by atoms with Gasteiger partial charge in [0.05, 0.1) is 23.4 Å². The van der Waals surface area contributed by atoms with E-state index in [0.717, 1.165) is 36.3 Å². The van der Waals surface area contributed by atoms with Crippen molar-refractivity contribution in [2.45, 2.75) is 44.1 Å². The summed E-state index contributed by atoms with van der Waals surface area (Å²) < 4.78 is 45.3. The van der Waals surface area contributed by atoms with Gasteiger partial charge in [-0.25, -0.2) is 9.50 Å². The molecular formula is C22H22F3N7O2. The van der Waals surface area contributed by atoms with Crippen LogP contribution in [0.1, 0.15) is 30.1 Å². The first-order valence-electron chi connectivity index (χ1n) is 10.7. The van der Waals surface area contributed by atoms with Gasteiger partial charge in [0.15, 0.2) is 0 Å². The first-order chi connectivity index (χ1) is 16.2. The molecular weight excluding hydrogens is 451 g/mol. The van der Waals surface area contributed by atoms with Gasteiger partial charge in [0.25, 0.3) is 5.91 Å². The van der Waals surface area contributed by atoms with Crippen molar-refractivity contribution in [2.75, 3.05) is 12.4 Å². The molecule has 5 rings (SSSR count). The number of fused-ring (bicyclic) bond motifs is 2. The number of halogens is 3. The average molecular weight is 473 g/mol. The summed E-state index contributed by atoms with van der Waals surface area (Å²) in [7, 11) is 1.70. The van der Waals surface area contributed by atoms with E-state index in [1.54, 1.807) is 37.8 Å². The van der Waals surface area contributed by atoms with Gasteiger partial charge in [0.1, 0.15) is 11.7 Å². The van der Waals surface area contributed by atoms with Gasteiger partial charge >= 0.3 is 6.18 Å². The summed E-state index contributed by atoms with van der Waals surface area (Å²) in [6.07, 6.45) is 3.92. The normalized spacial score (nSPS) is 19.2. The number of methoxy groups -OCH3 is 1. The van der Waals surface area contributed by atoms with Gasteiger partial charge in [-0.1, -0.05) is 0 Å². The highest BCUT2D eigenvalue weighted by atomic mass is 19.4. The fourth-order valence-corrected chi connectivity index (χ4v) is 3.95. The highest BCUT2D eigenvalue weighted by Crippen LogP contribution is 2.30. The van der Waals surface area contributed by atoms with Crippen LogP contribution in [0.4, 0.5) is 19.1 Å². The van der Waals surface area contributed by atoms with Crippen LogP contribution in [0, 0.1) is 0 Å². The minimum Gasteiger partial charge on any atom is -0.381 e. The van der Waals surface area contributed by atoms with E-state index < -0.39 is 18.1 Å². The quantitative estimate of drug-likeness (QED) is 0.395. The van der Waals surface area contributed by atoms with Crippen molar-refractivity contribution < 1.29 is 22.7 Å². The first kappa shape index (κ1) is 22.1. The molecule has 0 bridgehead atoms. The Morgan fingerprint density at radius 2 is 2.12 bits per heavy atom. The molecule has 1 atom stereocenters. The van der Waals surface area contributed by atoms with Crippen LogP contribution in [0.5, 0.6) is 0 Å². The molecule has 3 N–H and O–H groups in total. The predicted molar refractivity (Wildman–Crippen MR) is 118 cm³/mol. The SMILES string of the molecule is CO[C@H]1C[C@@H](Nc2ncc3c(-c4ccn5ncc(C(=O)N[C@H](C)C(F)(F)F)c5c4)c[nH]c3n2)C1. The first-order valence-corrected chi connectivity index (χ1v) is 10.7. The number of anilines is 1. The van der Waals surface area contributed by atoms with Crippen LogP contribution >= 0.6 is 0 Å². The molecule has 1 fully saturated rings. The summed E-state index contributed by atoms with van der Waals surface area (Å²) in [5.74, 6) is -0.328. The average Bonchev–Trinajstić information content (AvgIpc) is 3.38. The number of nitrogens with zero attached hydrogens (tertiary/aromatic N) is 4. The summed E-state index contributed by atoms with van der Waals surface area (Å²) in [4.78, 5) is 24.6. The van der Waals surface area contributed by atoms with Gasteiger partial charge in [-0.05, 0) is 37.5 Å². The Bertz CT molecular complexity index is 1360. The number of aromatic amines is 1. The maximum Gasteiger partial charge on any atom is 0.408 e. The van der Waals surface area contributed by atoms with E-state index in [2.05, 4.69) is 25.4 Å². The van der Waals surface area contributed by atoms with Gasteiger partial charge in [0, 0.05) is 42.7 Å². The lowest BCUT2D eigenvalue weighted by atomic mass is 9.89. The summed E-state index contributed by atoms with van der Waals surface area (Å²) in [6, 6.07) is 1.79. The highest BCUT2D eigenvalue weighted by Gasteiger charge is 2.37. The third-order valence-electron chi connectivity index (χ3n) is 6.11. The van der Waals surface area contributed by atoms with Crippen molar-refractivity contribution in [3.8, 4) is 11.1 Å². The van der Waals surface area contributed by atoms with Crippen molar-refractivity contribution in [3.05, 3.63) is 42.5 Å². The predicted octanol–water partition coefficient (Wildman–Crippen LogP) is 3.54. The number of pyridine rings is 1. The molecule has 12 heteroatoms. The fraction of sp³-hybridized carbons (Fsp3) is 0.364. The Balaban J connectivity index is 1.41. The summed E-state index contributed by atoms with van der Waals surface area (Å²) >= 11 is 0. The van der Waals surface area contributed by atoms with Crippen LogP contribution in [0.25, 0.3) is 27.7 Å². The molecule has 1 amide bonds. The zero-order valence-electron chi connectivity index (χ0n) is 18.3. The molecule has 0 aromatic carbocycles. The van der Waals surface area contributed by atoms with Crippen molar-refractivity contribution in [1.29, 1.82) is 0 Å². The maximum absolute atomic E-state index is 12.9. The lowest BCUT2D eigenvalue weighted by Gasteiger charge is -2.34. The van der Waals surface area contributed by atoms with Gasteiger partial charge < -0.3 is 20.4 Å². The third kappa shape index (κ3) is 4.04. The molecule has 0 radical (unpaired) electrons. The van der Waals surface area contributed by atoms with Crippen LogP contribution in [0.3, 0.4) is 0 Å². The Labute approximate surface area is 191 Å². The molecule has 1 saturated carbocycles. The number of carbonyl (C=O) groups is 1. The zero-order valence-corrected chi connectivity index (χ0v) is 18.3. The number of nitrogens with one attached hydrogen (secondary N) is 3. The number of alkyl halides is 3. The van der Waals surface area contributed by atoms with E-state index in [-0.39, 0.29) is 17.7 Å². The molecule has 1 aliphatic carbocycles. The van der Waals surface area contributed by atoms with Crippen molar-refractivity contribution in [2.24, 2.45) is 0 Å². The summed E-state index contributed by atoms with van der Waals surface area (Å²) in [5.41, 5.74) is 2.61. The summed E-state index contributed by atoms with van der Waals surface area (Å²) in [6.45, 7) is 0.894. The van der Waals surface area contributed by atoms with Gasteiger partial charge in [-0.2, -0.15) is 23.3 Å². The Hall–Kier alpha value is -3.67. The van der Waals surface area contributed by atoms with Crippen LogP contribution in [0.15, 0.2) is 36.9 Å². The van der Waals surface area contributed by atoms with E-state index >= 15 is 0 Å². The number of carbonyl (C=O) groups excluding carboxylic acids is 1. The number of amides is 1. The van der Waals surface area contributed by atoms with E-state index in [1.807, 2.05) is 5.32 Å². The standard InChI is InChI=1S/C22H22F3N7O2/c1-11(22(23,24)25)29-20(33)17-10-28-32-4-3-12(5-18(17)32)15-8-26-19-16(15)9-27-21(31-19)30-13-6-14(7-13)34-2/h3-5,8-11,13-14H,6-7H2,1-2H3,(H,29,33)(H2,26,27,30,31)/t11-,13-,14+/m1/s1. The molecule has 0 unspecified atom stereocenters. The van der Waals surface area contributed by atoms with Gasteiger partial charge in [-0.15, -0.1) is 0 Å². The number of hydrogen-bond donors (Lipinski definition) is 3. The van der Waals surface area contributed by atoms with Crippen LogP contribution < -0.4 is 10.6 Å². The maximum atomic E-state index is 12.9. The van der Waals surface area contributed by atoms with Crippen molar-refractivity contribution in [3.63, 3.8) is 0 Å². The molecule has 0 spiro atoms. The Morgan fingerprint density at radius 1 is 1.32 bits per heavy atom. The molecule has 0 aliphatic heterocycles. The lowest BCUT2D eigenvalue weighted by Crippen LogP contribution is -2.43. The van der Waals surface area contributed by atoms with Gasteiger partial charge in [0.2, 0.25) is 5.95 Å². The minimum atomic E-state index is -4.54. The number of aromatic nitrogens is 5. The molecule has 4 aromatic heterocycles. The van der Waals surface area contributed by atoms with E-state index in [4.69, 9.17) is 4.74 Å². The van der Waals surface area contributed by atoms with Crippen LogP contribution in [-0.4, -0.2) is 61.9 Å². The zero-order chi connectivity index (χ0) is 24.0. The number of hydrogen-bond acceptors (Lipinski definition) is 6. The molecule has 1 aliphatic rings. The second-order valence-electron chi connectivity index (χ2n) is 8.37. The van der Waals surface area contributed by atoms with Crippen LogP contribution in [-0.2, 0) is 4.74 Å². The molecule has 9 nitrogen and oxygen atoms in total. The summed E-state index contributed by atoms with van der Waals surface area (Å²) in [5, 5.41) is 10.1. The topological polar surface area (TPSA) is 109 Å². The largest absolute Gasteiger partial charge is 0.408 e. The smallest absolute Gasteiger partial charge is 0.381 e. The van der Waals surface area contributed by atoms with Crippen LogP contribution in [0.2, 0.25) is 0 Å². The van der Waals surface area contributed by atoms with Crippen molar-refractivity contribution in [1.82, 2.24) is 29.9 Å². The Kier molecular flexibility index (Phi) is 5.39. The van der Waals surface area contributed by atoms with Gasteiger partial charge in [-0.3, -0.25) is 4.79 Å². The van der Waals surface area contributed by atoms with Crippen molar-refractivity contribution >= 4 is 28.4 Å². The molecule has 4 aromatic rings. The van der Waals surface area contributed by atoms with E-state index in [9.17, 15) is 18.0 Å². The number of rotatable bonds is 6. The second-order valence-corrected chi connectivity index (χ2v) is 8.37. The Morgan fingerprint density at radius 3 is 2.85 bits per heavy atom. The monoisotopic (exact) mass is 473 g/mol. The van der Waals surface area contributed by atoms with E-state index in [1.165, 1.54) is 10.7 Å². The second kappa shape index (κ2) is 8.28. The number of ether oxygens (including phenoxy) is 1. The molecule has 4 heterocycles. The molecule has 34 heavy (non-hydrogen) atoms. The fourth-order valence-electron chi connectivity index (χ4n) is 3.95. The molecule has 178 valence electrons. The number of H-pyrrole nitrogens is 1. The lowest BCUT2D eigenvalue weighted by molar-refractivity contribution is -0.149. The minimum absolute atomic E-state index is 0.0513. The third-order valence-corrected chi connectivity index (χ3v) is 6.11.